The maximum absolute atomic E-state index is 12.4. The maximum Gasteiger partial charge on any atom is 0.275 e. The van der Waals surface area contributed by atoms with Crippen LogP contribution in [0.15, 0.2) is 60.8 Å². The summed E-state index contributed by atoms with van der Waals surface area (Å²) in [6.07, 6.45) is 1.60. The van der Waals surface area contributed by atoms with Crippen molar-refractivity contribution >= 4 is 17.3 Å². The van der Waals surface area contributed by atoms with Crippen LogP contribution in [0.3, 0.4) is 0 Å². The number of carbonyl (C=O) groups excluding carboxylic acids is 1. The zero-order chi connectivity index (χ0) is 16.8. The quantitative estimate of drug-likeness (QED) is 0.651. The van der Waals surface area contributed by atoms with Gasteiger partial charge in [-0.25, -0.2) is 0 Å². The van der Waals surface area contributed by atoms with Crippen LogP contribution >= 0.6 is 0 Å². The first-order valence-electron chi connectivity index (χ1n) is 7.53. The molecule has 0 radical (unpaired) electrons. The third-order valence-electron chi connectivity index (χ3n) is 3.52. The molecule has 122 valence electrons. The van der Waals surface area contributed by atoms with Crippen LogP contribution < -0.4 is 15.4 Å². The first kappa shape index (κ1) is 15.6. The van der Waals surface area contributed by atoms with Crippen molar-refractivity contribution in [2.45, 2.75) is 6.54 Å². The van der Waals surface area contributed by atoms with Crippen LogP contribution in [0.2, 0.25) is 0 Å². The maximum atomic E-state index is 12.4. The Morgan fingerprint density at radius 2 is 2.00 bits per heavy atom. The minimum atomic E-state index is -0.267. The van der Waals surface area contributed by atoms with Gasteiger partial charge in [-0.15, -0.1) is 0 Å². The van der Waals surface area contributed by atoms with Gasteiger partial charge in [0.05, 0.1) is 19.0 Å². The molecule has 0 bridgehead atoms. The van der Waals surface area contributed by atoms with Crippen LogP contribution in [-0.4, -0.2) is 23.2 Å². The van der Waals surface area contributed by atoms with Gasteiger partial charge in [-0.05, 0) is 17.7 Å². The minimum Gasteiger partial charge on any atom is -0.497 e. The van der Waals surface area contributed by atoms with E-state index in [1.807, 2.05) is 42.5 Å². The number of nitrogens with zero attached hydrogens (tertiary/aromatic N) is 1. The van der Waals surface area contributed by atoms with Crippen molar-refractivity contribution in [3.63, 3.8) is 0 Å². The molecule has 3 N–H and O–H groups in total. The lowest BCUT2D eigenvalue weighted by atomic mass is 10.2. The highest BCUT2D eigenvalue weighted by molar-refractivity contribution is 6.06. The molecule has 0 spiro atoms. The van der Waals surface area contributed by atoms with Crippen molar-refractivity contribution in [2.75, 3.05) is 17.7 Å². The molecule has 0 saturated heterocycles. The van der Waals surface area contributed by atoms with Crippen LogP contribution in [0.25, 0.3) is 0 Å². The van der Waals surface area contributed by atoms with Crippen LogP contribution in [0.1, 0.15) is 16.1 Å². The molecule has 0 aliphatic carbocycles. The van der Waals surface area contributed by atoms with E-state index < -0.39 is 0 Å². The van der Waals surface area contributed by atoms with Crippen LogP contribution in [0.4, 0.5) is 11.4 Å². The Kier molecular flexibility index (Phi) is 4.76. The summed E-state index contributed by atoms with van der Waals surface area (Å²) in [6, 6.07) is 17.1. The molecule has 0 fully saturated rings. The molecule has 0 atom stereocenters. The number of methoxy groups -OCH3 is 1. The summed E-state index contributed by atoms with van der Waals surface area (Å²) in [6.45, 7) is 0.611. The number of ether oxygens (including phenoxy) is 1. The highest BCUT2D eigenvalue weighted by Crippen LogP contribution is 2.19. The number of nitrogens with one attached hydrogen (secondary N) is 3. The van der Waals surface area contributed by atoms with Gasteiger partial charge in [0.2, 0.25) is 0 Å². The summed E-state index contributed by atoms with van der Waals surface area (Å²) >= 11 is 0. The molecule has 24 heavy (non-hydrogen) atoms. The molecule has 1 aromatic heterocycles. The van der Waals surface area contributed by atoms with Gasteiger partial charge < -0.3 is 15.4 Å². The lowest BCUT2D eigenvalue weighted by molar-refractivity contribution is 0.102. The second kappa shape index (κ2) is 7.32. The summed E-state index contributed by atoms with van der Waals surface area (Å²) in [5.41, 5.74) is 2.81. The van der Waals surface area contributed by atoms with Gasteiger partial charge in [0.25, 0.3) is 5.91 Å². The van der Waals surface area contributed by atoms with Crippen LogP contribution in [-0.2, 0) is 6.54 Å². The molecule has 6 nitrogen and oxygen atoms in total. The van der Waals surface area contributed by atoms with Gasteiger partial charge in [0.1, 0.15) is 11.4 Å². The van der Waals surface area contributed by atoms with Gasteiger partial charge in [0.15, 0.2) is 0 Å². The minimum absolute atomic E-state index is 0.267. The van der Waals surface area contributed by atoms with E-state index in [4.69, 9.17) is 4.74 Å². The third kappa shape index (κ3) is 3.73. The SMILES string of the molecule is COc1cccc(NC(=O)c2[nH]ncc2NCc2ccccc2)c1. The summed E-state index contributed by atoms with van der Waals surface area (Å²) in [4.78, 5) is 12.4. The van der Waals surface area contributed by atoms with E-state index in [1.54, 1.807) is 25.4 Å². The number of aromatic nitrogens is 2. The van der Waals surface area contributed by atoms with Crippen molar-refractivity contribution in [3.8, 4) is 5.75 Å². The lowest BCUT2D eigenvalue weighted by Gasteiger charge is -2.09. The number of rotatable bonds is 6. The van der Waals surface area contributed by atoms with E-state index in [-0.39, 0.29) is 5.91 Å². The molecule has 0 unspecified atom stereocenters. The monoisotopic (exact) mass is 322 g/mol. The summed E-state index contributed by atoms with van der Waals surface area (Å²) in [5.74, 6) is 0.413. The Hall–Kier alpha value is -3.28. The van der Waals surface area contributed by atoms with Gasteiger partial charge >= 0.3 is 0 Å². The Labute approximate surface area is 139 Å². The molecule has 6 heteroatoms. The fraction of sp³-hybridized carbons (Fsp3) is 0.111. The van der Waals surface area contributed by atoms with E-state index in [0.29, 0.717) is 29.4 Å². The average Bonchev–Trinajstić information content (AvgIpc) is 3.10. The zero-order valence-corrected chi connectivity index (χ0v) is 13.2. The Morgan fingerprint density at radius 3 is 2.79 bits per heavy atom. The number of aromatic amines is 1. The highest BCUT2D eigenvalue weighted by Gasteiger charge is 2.14. The molecule has 1 heterocycles. The number of benzene rings is 2. The summed E-state index contributed by atoms with van der Waals surface area (Å²) < 4.78 is 5.15. The van der Waals surface area contributed by atoms with Crippen LogP contribution in [0.5, 0.6) is 5.75 Å². The van der Waals surface area contributed by atoms with Crippen molar-refractivity contribution in [1.82, 2.24) is 10.2 Å². The van der Waals surface area contributed by atoms with E-state index >= 15 is 0 Å². The van der Waals surface area contributed by atoms with E-state index in [1.165, 1.54) is 0 Å². The van der Waals surface area contributed by atoms with E-state index in [2.05, 4.69) is 20.8 Å². The number of hydrogen-bond donors (Lipinski definition) is 3. The molecule has 0 saturated carbocycles. The van der Waals surface area contributed by atoms with Gasteiger partial charge in [-0.1, -0.05) is 36.4 Å². The Bertz CT molecular complexity index is 815. The predicted octanol–water partition coefficient (Wildman–Crippen LogP) is 3.28. The third-order valence-corrected chi connectivity index (χ3v) is 3.52. The second-order valence-corrected chi connectivity index (χ2v) is 5.18. The molecule has 3 aromatic rings. The van der Waals surface area contributed by atoms with Crippen molar-refractivity contribution in [1.29, 1.82) is 0 Å². The summed E-state index contributed by atoms with van der Waals surface area (Å²) in [7, 11) is 1.58. The number of H-pyrrole nitrogens is 1. The largest absolute Gasteiger partial charge is 0.497 e. The molecule has 0 aliphatic rings. The fourth-order valence-electron chi connectivity index (χ4n) is 2.28. The number of carbonyl (C=O) groups is 1. The average molecular weight is 322 g/mol. The number of amides is 1. The molecular weight excluding hydrogens is 304 g/mol. The molecule has 2 aromatic carbocycles. The molecule has 3 rings (SSSR count). The fourth-order valence-corrected chi connectivity index (χ4v) is 2.28. The Balaban J connectivity index is 1.68. The first-order valence-corrected chi connectivity index (χ1v) is 7.53. The lowest BCUT2D eigenvalue weighted by Crippen LogP contribution is -2.15. The van der Waals surface area contributed by atoms with Crippen molar-refractivity contribution in [3.05, 3.63) is 72.1 Å². The van der Waals surface area contributed by atoms with E-state index in [9.17, 15) is 4.79 Å². The number of hydrogen-bond acceptors (Lipinski definition) is 4. The van der Waals surface area contributed by atoms with Gasteiger partial charge in [-0.3, -0.25) is 9.89 Å². The van der Waals surface area contributed by atoms with E-state index in [0.717, 1.165) is 5.56 Å². The van der Waals surface area contributed by atoms with Crippen molar-refractivity contribution < 1.29 is 9.53 Å². The molecular formula is C18H18N4O2. The molecule has 0 aliphatic heterocycles. The standard InChI is InChI=1S/C18H18N4O2/c1-24-15-9-5-8-14(10-15)21-18(23)17-16(12-20-22-17)19-11-13-6-3-2-4-7-13/h2-10,12,19H,11H2,1H3,(H,20,22)(H,21,23). The van der Waals surface area contributed by atoms with Crippen LogP contribution in [0, 0.1) is 0 Å². The second-order valence-electron chi connectivity index (χ2n) is 5.18. The highest BCUT2D eigenvalue weighted by atomic mass is 16.5. The molecule has 1 amide bonds. The zero-order valence-electron chi connectivity index (χ0n) is 13.2. The first-order chi connectivity index (χ1) is 11.8. The van der Waals surface area contributed by atoms with Gasteiger partial charge in [0, 0.05) is 18.3 Å². The number of anilines is 2. The van der Waals surface area contributed by atoms with Gasteiger partial charge in [-0.2, -0.15) is 5.10 Å². The predicted molar refractivity (Wildman–Crippen MR) is 93.3 cm³/mol. The smallest absolute Gasteiger partial charge is 0.275 e. The summed E-state index contributed by atoms with van der Waals surface area (Å²) in [5, 5.41) is 12.7. The normalized spacial score (nSPS) is 10.2. The topological polar surface area (TPSA) is 79.0 Å². The Morgan fingerprint density at radius 1 is 1.17 bits per heavy atom. The van der Waals surface area contributed by atoms with Crippen molar-refractivity contribution in [2.24, 2.45) is 0 Å².